The molecular formula is C19H21N3O3. The Bertz CT molecular complexity index is 796. The van der Waals surface area contributed by atoms with Gasteiger partial charge >= 0.3 is 0 Å². The van der Waals surface area contributed by atoms with Gasteiger partial charge < -0.3 is 10.6 Å². The molecule has 1 aliphatic rings. The fourth-order valence-electron chi connectivity index (χ4n) is 2.55. The van der Waals surface area contributed by atoms with Crippen molar-refractivity contribution in [2.75, 3.05) is 10.6 Å². The van der Waals surface area contributed by atoms with Crippen LogP contribution in [0.25, 0.3) is 0 Å². The van der Waals surface area contributed by atoms with E-state index in [0.717, 1.165) is 12.8 Å². The van der Waals surface area contributed by atoms with Crippen LogP contribution in [0.1, 0.15) is 48.5 Å². The first kappa shape index (κ1) is 17.0. The maximum atomic E-state index is 12.4. The highest BCUT2D eigenvalue weighted by Gasteiger charge is 2.25. The Balaban J connectivity index is 1.76. The van der Waals surface area contributed by atoms with Crippen molar-refractivity contribution in [3.63, 3.8) is 0 Å². The van der Waals surface area contributed by atoms with Gasteiger partial charge in [-0.25, -0.2) is 0 Å². The van der Waals surface area contributed by atoms with Crippen LogP contribution in [0.15, 0.2) is 42.5 Å². The van der Waals surface area contributed by atoms with E-state index in [0.29, 0.717) is 23.3 Å². The first-order valence-electron chi connectivity index (χ1n) is 8.40. The fraction of sp³-hybridized carbons (Fsp3) is 0.316. The van der Waals surface area contributed by atoms with Crippen LogP contribution in [0.3, 0.4) is 0 Å². The van der Waals surface area contributed by atoms with Gasteiger partial charge in [-0.1, -0.05) is 26.0 Å². The molecule has 2 aromatic rings. The van der Waals surface area contributed by atoms with E-state index in [1.807, 2.05) is 24.3 Å². The summed E-state index contributed by atoms with van der Waals surface area (Å²) in [6, 6.07) is 12.4. The lowest BCUT2D eigenvalue weighted by Gasteiger charge is -2.10. The lowest BCUT2D eigenvalue weighted by atomic mass is 10.0. The van der Waals surface area contributed by atoms with E-state index < -0.39 is 4.92 Å². The Hall–Kier alpha value is -2.89. The molecule has 0 unspecified atom stereocenters. The highest BCUT2D eigenvalue weighted by molar-refractivity contribution is 6.05. The molecule has 2 aromatic carbocycles. The van der Waals surface area contributed by atoms with Gasteiger partial charge in [0.25, 0.3) is 11.6 Å². The maximum Gasteiger partial charge on any atom is 0.293 e. The first-order chi connectivity index (χ1) is 11.9. The van der Waals surface area contributed by atoms with Crippen molar-refractivity contribution in [2.45, 2.75) is 38.6 Å². The summed E-state index contributed by atoms with van der Waals surface area (Å²) >= 11 is 0. The Morgan fingerprint density at radius 1 is 1.16 bits per heavy atom. The van der Waals surface area contributed by atoms with E-state index in [4.69, 9.17) is 0 Å². The van der Waals surface area contributed by atoms with E-state index >= 15 is 0 Å². The van der Waals surface area contributed by atoms with Crippen LogP contribution in [-0.4, -0.2) is 16.9 Å². The summed E-state index contributed by atoms with van der Waals surface area (Å²) in [6.45, 7) is 4.20. The molecule has 25 heavy (non-hydrogen) atoms. The summed E-state index contributed by atoms with van der Waals surface area (Å²) in [4.78, 5) is 23.2. The number of hydrogen-bond donors (Lipinski definition) is 2. The van der Waals surface area contributed by atoms with E-state index in [9.17, 15) is 14.9 Å². The number of carbonyl (C=O) groups is 1. The Morgan fingerprint density at radius 2 is 1.84 bits per heavy atom. The molecular weight excluding hydrogens is 318 g/mol. The third-order valence-electron chi connectivity index (χ3n) is 4.23. The van der Waals surface area contributed by atoms with Gasteiger partial charge in [-0.2, -0.15) is 0 Å². The summed E-state index contributed by atoms with van der Waals surface area (Å²) in [5.74, 6) is 0.0530. The smallest absolute Gasteiger partial charge is 0.293 e. The molecule has 0 radical (unpaired) electrons. The number of nitro groups is 1. The quantitative estimate of drug-likeness (QED) is 0.597. The predicted octanol–water partition coefficient (Wildman–Crippen LogP) is 4.54. The lowest BCUT2D eigenvalue weighted by Crippen LogP contribution is -2.13. The molecule has 0 spiro atoms. The average molecular weight is 339 g/mol. The maximum absolute atomic E-state index is 12.4. The van der Waals surface area contributed by atoms with E-state index in [-0.39, 0.29) is 17.2 Å². The van der Waals surface area contributed by atoms with Gasteiger partial charge in [-0.15, -0.1) is 0 Å². The van der Waals surface area contributed by atoms with Crippen LogP contribution in [-0.2, 0) is 0 Å². The summed E-state index contributed by atoms with van der Waals surface area (Å²) in [5, 5.41) is 17.2. The van der Waals surface area contributed by atoms with Gasteiger partial charge in [0.05, 0.1) is 4.92 Å². The number of carbonyl (C=O) groups excluding carboxylic acids is 1. The largest absolute Gasteiger partial charge is 0.377 e. The number of nitrogens with zero attached hydrogens (tertiary/aromatic N) is 1. The van der Waals surface area contributed by atoms with Crippen LogP contribution in [0.4, 0.5) is 17.1 Å². The van der Waals surface area contributed by atoms with Crippen LogP contribution < -0.4 is 10.6 Å². The summed E-state index contributed by atoms with van der Waals surface area (Å²) in [6.07, 6.45) is 2.04. The average Bonchev–Trinajstić information content (AvgIpc) is 3.39. The highest BCUT2D eigenvalue weighted by Crippen LogP contribution is 2.31. The van der Waals surface area contributed by atoms with E-state index in [1.54, 1.807) is 12.1 Å². The summed E-state index contributed by atoms with van der Waals surface area (Å²) < 4.78 is 0. The summed E-state index contributed by atoms with van der Waals surface area (Å²) in [5.41, 5.74) is 2.50. The van der Waals surface area contributed by atoms with E-state index in [2.05, 4.69) is 24.5 Å². The zero-order valence-corrected chi connectivity index (χ0v) is 14.3. The molecule has 1 fully saturated rings. The van der Waals surface area contributed by atoms with Crippen LogP contribution in [0.2, 0.25) is 0 Å². The molecule has 1 amide bonds. The third kappa shape index (κ3) is 4.15. The second-order valence-electron chi connectivity index (χ2n) is 6.64. The van der Waals surface area contributed by atoms with Crippen molar-refractivity contribution >= 4 is 23.0 Å². The second-order valence-corrected chi connectivity index (χ2v) is 6.64. The number of nitro benzene ring substituents is 1. The monoisotopic (exact) mass is 339 g/mol. The predicted molar refractivity (Wildman–Crippen MR) is 98.2 cm³/mol. The standard InChI is InChI=1S/C19H21N3O3/c1-12(2)13-3-6-16(7-4-13)21-19(23)14-5-10-17(20-15-8-9-15)18(11-14)22(24)25/h3-7,10-12,15,20H,8-9H2,1-2H3,(H,21,23). The molecule has 1 aliphatic carbocycles. The van der Waals surface area contributed by atoms with Crippen molar-refractivity contribution in [1.29, 1.82) is 0 Å². The topological polar surface area (TPSA) is 84.3 Å². The molecule has 2 N–H and O–H groups in total. The van der Waals surface area contributed by atoms with Crippen LogP contribution >= 0.6 is 0 Å². The highest BCUT2D eigenvalue weighted by atomic mass is 16.6. The normalized spacial score (nSPS) is 13.6. The van der Waals surface area contributed by atoms with Gasteiger partial charge in [0, 0.05) is 23.4 Å². The number of benzene rings is 2. The van der Waals surface area contributed by atoms with Crippen LogP contribution in [0, 0.1) is 10.1 Å². The van der Waals surface area contributed by atoms with Crippen molar-refractivity contribution in [3.8, 4) is 0 Å². The zero-order chi connectivity index (χ0) is 18.0. The molecule has 0 bridgehead atoms. The van der Waals surface area contributed by atoms with Gasteiger partial charge in [-0.3, -0.25) is 14.9 Å². The fourth-order valence-corrected chi connectivity index (χ4v) is 2.55. The molecule has 0 aromatic heterocycles. The van der Waals surface area contributed by atoms with Gasteiger partial charge in [-0.05, 0) is 48.6 Å². The Morgan fingerprint density at radius 3 is 2.40 bits per heavy atom. The van der Waals surface area contributed by atoms with Crippen molar-refractivity contribution in [1.82, 2.24) is 0 Å². The lowest BCUT2D eigenvalue weighted by molar-refractivity contribution is -0.384. The minimum Gasteiger partial charge on any atom is -0.377 e. The van der Waals surface area contributed by atoms with Gasteiger partial charge in [0.1, 0.15) is 5.69 Å². The number of anilines is 2. The Kier molecular flexibility index (Phi) is 4.70. The molecule has 0 aliphatic heterocycles. The molecule has 0 saturated heterocycles. The second kappa shape index (κ2) is 6.93. The minimum absolute atomic E-state index is 0.0743. The van der Waals surface area contributed by atoms with Gasteiger partial charge in [0.15, 0.2) is 0 Å². The molecule has 6 heteroatoms. The zero-order valence-electron chi connectivity index (χ0n) is 14.3. The molecule has 0 atom stereocenters. The van der Waals surface area contributed by atoms with Crippen molar-refractivity contribution in [3.05, 3.63) is 63.7 Å². The van der Waals surface area contributed by atoms with E-state index in [1.165, 1.54) is 11.6 Å². The van der Waals surface area contributed by atoms with Crippen molar-refractivity contribution < 1.29 is 9.72 Å². The van der Waals surface area contributed by atoms with Crippen LogP contribution in [0.5, 0.6) is 0 Å². The van der Waals surface area contributed by atoms with Crippen molar-refractivity contribution in [2.24, 2.45) is 0 Å². The molecule has 1 saturated carbocycles. The van der Waals surface area contributed by atoms with Gasteiger partial charge in [0.2, 0.25) is 0 Å². The third-order valence-corrected chi connectivity index (χ3v) is 4.23. The number of hydrogen-bond acceptors (Lipinski definition) is 4. The Labute approximate surface area is 146 Å². The molecule has 130 valence electrons. The molecule has 3 rings (SSSR count). The number of amides is 1. The molecule has 0 heterocycles. The first-order valence-corrected chi connectivity index (χ1v) is 8.40. The molecule has 6 nitrogen and oxygen atoms in total. The minimum atomic E-state index is -0.459. The number of nitrogens with one attached hydrogen (secondary N) is 2. The summed E-state index contributed by atoms with van der Waals surface area (Å²) in [7, 11) is 0. The number of rotatable bonds is 6. The SMILES string of the molecule is CC(C)c1ccc(NC(=O)c2ccc(NC3CC3)c([N+](=O)[O-])c2)cc1.